The predicted octanol–water partition coefficient (Wildman–Crippen LogP) is -1.02. The molecule has 1 unspecified atom stereocenters. The lowest BCUT2D eigenvalue weighted by Gasteiger charge is -2.08. The number of carbonyl (C=O) groups is 1. The Hall–Kier alpha value is -0.400. The van der Waals surface area contributed by atoms with Crippen molar-refractivity contribution in [3.8, 4) is 0 Å². The number of carboxylic acid groups (broad SMARTS) is 1. The van der Waals surface area contributed by atoms with Gasteiger partial charge in [0.05, 0.1) is 12.5 Å². The van der Waals surface area contributed by atoms with Crippen molar-refractivity contribution >= 4 is 26.7 Å². The highest BCUT2D eigenvalue weighted by Crippen LogP contribution is 2.60. The molecule has 0 amide bonds. The molecule has 1 atom stereocenters. The van der Waals surface area contributed by atoms with Gasteiger partial charge < -0.3 is 14.9 Å². The van der Waals surface area contributed by atoms with E-state index in [1.54, 1.807) is 0 Å². The molecule has 0 spiro atoms. The molecule has 0 aliphatic carbocycles. The number of hydrogen-bond acceptors (Lipinski definition) is 6. The van der Waals surface area contributed by atoms with Crippen LogP contribution in [0.4, 0.5) is 0 Å². The second-order valence-corrected chi connectivity index (χ2v) is 6.42. The molecule has 9 nitrogen and oxygen atoms in total. The van der Waals surface area contributed by atoms with E-state index in [9.17, 15) is 9.36 Å². The Balaban J connectivity index is 5.02. The molecule has 0 radical (unpaired) electrons. The molecular formula is C5H12NO8P2+. The van der Waals surface area contributed by atoms with E-state index >= 15 is 0 Å². The fraction of sp³-hybridized carbons (Fsp3) is 0.600. The molecule has 0 aromatic carbocycles. The lowest BCUT2D eigenvalue weighted by atomic mass is 10.2. The highest BCUT2D eigenvalue weighted by Gasteiger charge is 2.51. The summed E-state index contributed by atoms with van der Waals surface area (Å²) in [6, 6.07) is 0. The number of nitrogens with zero attached hydrogens (tertiary/aromatic N) is 1. The molecule has 0 rings (SSSR count). The van der Waals surface area contributed by atoms with Crippen LogP contribution in [0.2, 0.25) is 0 Å². The van der Waals surface area contributed by atoms with Gasteiger partial charge in [-0.05, 0) is 0 Å². The summed E-state index contributed by atoms with van der Waals surface area (Å²) < 4.78 is 10.7. The first kappa shape index (κ1) is 15.6. The van der Waals surface area contributed by atoms with Crippen molar-refractivity contribution in [1.82, 2.24) is 0 Å². The Bertz CT molecular complexity index is 341. The largest absolute Gasteiger partial charge is 0.481 e. The van der Waals surface area contributed by atoms with Crippen LogP contribution in [0.15, 0.2) is 4.99 Å². The normalized spacial score (nSPS) is 16.0. The minimum atomic E-state index is -5.13. The number of carboxylic acids is 1. The van der Waals surface area contributed by atoms with Crippen LogP contribution in [-0.2, 0) is 9.36 Å². The number of aliphatic carboxylic acids is 1. The minimum Gasteiger partial charge on any atom is -0.481 e. The lowest BCUT2D eigenvalue weighted by Crippen LogP contribution is -2.15. The third kappa shape index (κ3) is 5.09. The van der Waals surface area contributed by atoms with Crippen LogP contribution in [0.25, 0.3) is 0 Å². The summed E-state index contributed by atoms with van der Waals surface area (Å²) in [4.78, 5) is 56.9. The summed E-state index contributed by atoms with van der Waals surface area (Å²) in [6.07, 6.45) is 0. The van der Waals surface area contributed by atoms with Gasteiger partial charge >= 0.3 is 26.7 Å². The number of hydrogen-bond donors (Lipinski definition) is 6. The Morgan fingerprint density at radius 3 is 2.06 bits per heavy atom. The smallest absolute Gasteiger partial charge is 0.469 e. The van der Waals surface area contributed by atoms with Crippen LogP contribution in [0.1, 0.15) is 6.92 Å². The summed E-state index contributed by atoms with van der Waals surface area (Å²) in [5.41, 5.74) is 0. The average Bonchev–Trinajstić information content (AvgIpc) is 1.98. The summed E-state index contributed by atoms with van der Waals surface area (Å²) in [7, 11) is -10.1. The van der Waals surface area contributed by atoms with Gasteiger partial charge in [0.15, 0.2) is 0 Å². The van der Waals surface area contributed by atoms with E-state index in [-0.39, 0.29) is 0 Å². The molecule has 11 heteroatoms. The highest BCUT2D eigenvalue weighted by atomic mass is 31.3. The van der Waals surface area contributed by atoms with Crippen molar-refractivity contribution in [3.05, 3.63) is 0 Å². The van der Waals surface area contributed by atoms with Gasteiger partial charge in [-0.1, -0.05) is 6.92 Å². The Morgan fingerprint density at radius 2 is 1.81 bits per heavy atom. The van der Waals surface area contributed by atoms with Gasteiger partial charge in [0.25, 0.3) is 0 Å². The van der Waals surface area contributed by atoms with Gasteiger partial charge in [-0.3, -0.25) is 4.79 Å². The van der Waals surface area contributed by atoms with Crippen LogP contribution < -0.4 is 0 Å². The fourth-order valence-corrected chi connectivity index (χ4v) is 2.59. The molecule has 16 heavy (non-hydrogen) atoms. The van der Waals surface area contributed by atoms with E-state index in [1.165, 1.54) is 6.92 Å². The summed E-state index contributed by atoms with van der Waals surface area (Å²) >= 11 is 0. The number of rotatable bonds is 5. The van der Waals surface area contributed by atoms with Crippen molar-refractivity contribution in [1.29, 1.82) is 0 Å². The van der Waals surface area contributed by atoms with Crippen molar-refractivity contribution in [2.75, 3.05) is 6.54 Å². The molecule has 6 N–H and O–H groups in total. The Labute approximate surface area is 90.8 Å². The quantitative estimate of drug-likeness (QED) is 0.274. The van der Waals surface area contributed by atoms with E-state index in [0.29, 0.717) is 0 Å². The molecule has 0 bridgehead atoms. The molecule has 0 aliphatic heterocycles. The average molecular weight is 276 g/mol. The summed E-state index contributed by atoms with van der Waals surface area (Å²) in [5, 5.41) is 6.98. The van der Waals surface area contributed by atoms with E-state index in [4.69, 9.17) is 29.6 Å². The van der Waals surface area contributed by atoms with Crippen molar-refractivity contribution in [2.24, 2.45) is 10.9 Å². The fourth-order valence-electron chi connectivity index (χ4n) is 0.658. The molecule has 0 aromatic rings. The summed E-state index contributed by atoms with van der Waals surface area (Å²) in [5.74, 6) is -2.35. The van der Waals surface area contributed by atoms with Crippen molar-refractivity contribution in [2.45, 2.75) is 6.92 Å². The molecule has 0 saturated carbocycles. The Kier molecular flexibility index (Phi) is 5.15. The Morgan fingerprint density at radius 1 is 1.38 bits per heavy atom. The maximum absolute atomic E-state index is 10.7. The predicted molar refractivity (Wildman–Crippen MR) is 54.7 cm³/mol. The van der Waals surface area contributed by atoms with Crippen LogP contribution in [0.3, 0.4) is 0 Å². The van der Waals surface area contributed by atoms with Gasteiger partial charge in [0.2, 0.25) is 0 Å². The molecule has 0 aliphatic rings. The third-order valence-corrected chi connectivity index (χ3v) is 4.38. The minimum absolute atomic E-state index is 0.584. The van der Waals surface area contributed by atoms with Gasteiger partial charge in [-0.25, -0.2) is 9.56 Å². The zero-order valence-corrected chi connectivity index (χ0v) is 9.91. The molecule has 0 heterocycles. The standard InChI is InChI=1S/C5H11NO8P2/c1-3(4(7)8)2-6-5(15(9,10)11)16(12,13)14/h3,9-11H,2H2,1H3,(H2-,7,8,12,13,14)/p+1. The monoisotopic (exact) mass is 276 g/mol. The van der Waals surface area contributed by atoms with Crippen LogP contribution in [0, 0.1) is 5.92 Å². The molecular weight excluding hydrogens is 264 g/mol. The molecule has 0 aromatic heterocycles. The zero-order valence-electron chi connectivity index (χ0n) is 8.13. The van der Waals surface area contributed by atoms with Crippen molar-refractivity contribution in [3.63, 3.8) is 0 Å². The third-order valence-electron chi connectivity index (χ3n) is 1.46. The van der Waals surface area contributed by atoms with Gasteiger partial charge in [-0.15, -0.1) is 0 Å². The van der Waals surface area contributed by atoms with Gasteiger partial charge in [-0.2, -0.15) is 14.7 Å². The maximum Gasteiger partial charge on any atom is 0.469 e. The van der Waals surface area contributed by atoms with Crippen LogP contribution in [0.5, 0.6) is 0 Å². The van der Waals surface area contributed by atoms with E-state index in [0.717, 1.165) is 0 Å². The maximum atomic E-state index is 10.7. The van der Waals surface area contributed by atoms with Crippen LogP contribution >= 0.6 is 15.5 Å². The first-order chi connectivity index (χ1) is 6.96. The summed E-state index contributed by atoms with van der Waals surface area (Å²) in [6.45, 7) is 0.620. The van der Waals surface area contributed by atoms with Gasteiger partial charge in [0, 0.05) is 0 Å². The SMILES string of the molecule is CC(CN=C(P(=O)(O)O)[P+](O)(O)O)C(=O)O. The van der Waals surface area contributed by atoms with Crippen LogP contribution in [-0.4, -0.2) is 47.3 Å². The topological polar surface area (TPSA) is 168 Å². The number of aliphatic imine (C=N–C) groups is 1. The highest BCUT2D eigenvalue weighted by molar-refractivity contribution is 8.00. The van der Waals surface area contributed by atoms with Crippen molar-refractivity contribution < 1.29 is 38.9 Å². The van der Waals surface area contributed by atoms with Gasteiger partial charge in [0.1, 0.15) is 0 Å². The zero-order chi connectivity index (χ0) is 13.1. The first-order valence-corrected chi connectivity index (χ1v) is 7.13. The van der Waals surface area contributed by atoms with E-state index in [1.807, 2.05) is 0 Å². The molecule has 94 valence electrons. The van der Waals surface area contributed by atoms with E-state index < -0.39 is 39.2 Å². The molecule has 0 fully saturated rings. The second kappa shape index (κ2) is 5.29. The van der Waals surface area contributed by atoms with E-state index in [2.05, 4.69) is 4.99 Å². The second-order valence-electron chi connectivity index (χ2n) is 2.99. The lowest BCUT2D eigenvalue weighted by molar-refractivity contribution is -0.140. The first-order valence-electron chi connectivity index (χ1n) is 3.87. The molecule has 0 saturated heterocycles.